The number of rotatable bonds is 7. The number of allylic oxidation sites excluding steroid dienone is 1. The summed E-state index contributed by atoms with van der Waals surface area (Å²) in [6.07, 6.45) is -1.98. The molecule has 0 heterocycles. The van der Waals surface area contributed by atoms with Crippen molar-refractivity contribution in [3.05, 3.63) is 92.5 Å². The predicted octanol–water partition coefficient (Wildman–Crippen LogP) is 7.24. The first-order valence-corrected chi connectivity index (χ1v) is 10.5. The number of nitriles is 1. The summed E-state index contributed by atoms with van der Waals surface area (Å²) < 4.78 is 47.4. The molecule has 3 rings (SSSR count). The summed E-state index contributed by atoms with van der Waals surface area (Å²) in [5.74, 6) is -0.630. The van der Waals surface area contributed by atoms with Crippen molar-refractivity contribution >= 4 is 28.9 Å². The zero-order valence-electron chi connectivity index (χ0n) is 19.4. The third kappa shape index (κ3) is 6.07. The molecule has 0 radical (unpaired) electrons. The Morgan fingerprint density at radius 3 is 2.22 bits per heavy atom. The van der Waals surface area contributed by atoms with Gasteiger partial charge in [0.1, 0.15) is 22.7 Å². The lowest BCUT2D eigenvalue weighted by Crippen LogP contribution is -2.10. The fourth-order valence-electron chi connectivity index (χ4n) is 3.47. The van der Waals surface area contributed by atoms with E-state index in [4.69, 9.17) is 10.00 Å². The fourth-order valence-corrected chi connectivity index (χ4v) is 3.47. The summed E-state index contributed by atoms with van der Waals surface area (Å²) in [6, 6.07) is 12.5. The number of nitrogens with one attached hydrogen (secondary N) is 1. The highest BCUT2D eigenvalue weighted by molar-refractivity contribution is 5.91. The third-order valence-electron chi connectivity index (χ3n) is 5.10. The number of benzene rings is 3. The topological polar surface area (TPSA) is 105 Å². The lowest BCUT2D eigenvalue weighted by Gasteiger charge is -2.19. The Labute approximate surface area is 204 Å². The van der Waals surface area contributed by atoms with E-state index in [0.717, 1.165) is 6.07 Å². The van der Waals surface area contributed by atoms with E-state index >= 15 is 0 Å². The molecule has 0 saturated carbocycles. The van der Waals surface area contributed by atoms with Crippen molar-refractivity contribution in [1.82, 2.24) is 0 Å². The maximum absolute atomic E-state index is 13.9. The number of hydrogen-bond acceptors (Lipinski definition) is 6. The van der Waals surface area contributed by atoms with Crippen molar-refractivity contribution in [2.75, 3.05) is 5.32 Å². The molecule has 184 valence electrons. The van der Waals surface area contributed by atoms with Gasteiger partial charge in [-0.2, -0.15) is 18.4 Å². The summed E-state index contributed by atoms with van der Waals surface area (Å²) in [7, 11) is 0. The second-order valence-electron chi connectivity index (χ2n) is 7.96. The van der Waals surface area contributed by atoms with E-state index in [0.29, 0.717) is 34.0 Å². The van der Waals surface area contributed by atoms with E-state index < -0.39 is 28.1 Å². The monoisotopic (exact) mass is 495 g/mol. The Morgan fingerprint density at radius 1 is 1.11 bits per heavy atom. The molecule has 36 heavy (non-hydrogen) atoms. The van der Waals surface area contributed by atoms with Crippen LogP contribution in [-0.2, 0) is 11.0 Å². The average Bonchev–Trinajstić information content (AvgIpc) is 2.79. The number of carbonyl (C=O) groups is 1. The van der Waals surface area contributed by atoms with Crippen LogP contribution in [0.4, 0.5) is 30.2 Å². The van der Waals surface area contributed by atoms with E-state index in [1.54, 1.807) is 32.1 Å². The average molecular weight is 495 g/mol. The molecule has 0 unspecified atom stereocenters. The molecule has 7 nitrogen and oxygen atoms in total. The molecule has 0 aliphatic rings. The Kier molecular flexibility index (Phi) is 7.44. The molecule has 3 aromatic rings. The van der Waals surface area contributed by atoms with E-state index in [1.165, 1.54) is 37.3 Å². The van der Waals surface area contributed by atoms with E-state index in [2.05, 4.69) is 5.32 Å². The van der Waals surface area contributed by atoms with E-state index in [-0.39, 0.29) is 17.2 Å². The fraction of sp³-hybridized carbons (Fsp3) is 0.154. The quantitative estimate of drug-likeness (QED) is 0.210. The molecule has 0 aromatic heterocycles. The van der Waals surface area contributed by atoms with Crippen molar-refractivity contribution in [2.24, 2.45) is 0 Å². The first-order valence-electron chi connectivity index (χ1n) is 10.5. The van der Waals surface area contributed by atoms with Crippen molar-refractivity contribution in [2.45, 2.75) is 26.9 Å². The number of ether oxygens (including phenoxy) is 1. The van der Waals surface area contributed by atoms with Crippen LogP contribution in [0.25, 0.3) is 6.08 Å². The number of alkyl halides is 3. The number of anilines is 2. The summed E-state index contributed by atoms with van der Waals surface area (Å²) in [4.78, 5) is 21.9. The highest BCUT2D eigenvalue weighted by Gasteiger charge is 2.38. The number of halogens is 3. The molecule has 0 aliphatic carbocycles. The third-order valence-corrected chi connectivity index (χ3v) is 5.10. The number of aryl methyl sites for hydroxylation is 2. The normalized spacial score (nSPS) is 11.2. The molecular weight excluding hydrogens is 475 g/mol. The van der Waals surface area contributed by atoms with Crippen molar-refractivity contribution < 1.29 is 27.6 Å². The zero-order chi connectivity index (χ0) is 26.6. The van der Waals surface area contributed by atoms with Crippen molar-refractivity contribution in [3.8, 4) is 17.6 Å². The maximum Gasteiger partial charge on any atom is 0.420 e. The molecule has 0 amide bonds. The van der Waals surface area contributed by atoms with Gasteiger partial charge in [-0.05, 0) is 79.9 Å². The Morgan fingerprint density at radius 2 is 1.72 bits per heavy atom. The molecule has 0 aliphatic heterocycles. The molecule has 3 aromatic carbocycles. The zero-order valence-corrected chi connectivity index (χ0v) is 19.4. The predicted molar refractivity (Wildman–Crippen MR) is 128 cm³/mol. The van der Waals surface area contributed by atoms with Gasteiger partial charge in [0, 0.05) is 17.8 Å². The molecule has 0 fully saturated rings. The van der Waals surface area contributed by atoms with Gasteiger partial charge < -0.3 is 10.1 Å². The smallest absolute Gasteiger partial charge is 0.420 e. The second-order valence-corrected chi connectivity index (χ2v) is 7.96. The van der Waals surface area contributed by atoms with Crippen molar-refractivity contribution in [1.29, 1.82) is 5.26 Å². The van der Waals surface area contributed by atoms with Crippen LogP contribution >= 0.6 is 0 Å². The van der Waals surface area contributed by atoms with E-state index in [9.17, 15) is 28.1 Å². The van der Waals surface area contributed by atoms with Crippen LogP contribution in [0.3, 0.4) is 0 Å². The lowest BCUT2D eigenvalue weighted by atomic mass is 10.0. The SMILES string of the molecule is CC(=O)/C=C/c1cc(C)c(Oc2cc(Nc3ccc(C#N)cc3)c([N+](=O)[O-])cc2C(F)(F)F)c(C)c1. The molecule has 0 bridgehead atoms. The number of hydrogen-bond donors (Lipinski definition) is 1. The van der Waals surface area contributed by atoms with Gasteiger partial charge in [-0.1, -0.05) is 6.08 Å². The number of nitro benzene ring substituents is 1. The van der Waals surface area contributed by atoms with Gasteiger partial charge in [0.15, 0.2) is 5.78 Å². The second kappa shape index (κ2) is 10.3. The van der Waals surface area contributed by atoms with Crippen LogP contribution in [0.2, 0.25) is 0 Å². The van der Waals surface area contributed by atoms with Crippen LogP contribution in [0.1, 0.15) is 34.7 Å². The molecule has 0 atom stereocenters. The molecule has 0 saturated heterocycles. The number of nitro groups is 1. The summed E-state index contributed by atoms with van der Waals surface area (Å²) in [5.41, 5.74) is 0.0315. The number of nitrogens with zero attached hydrogens (tertiary/aromatic N) is 2. The lowest BCUT2D eigenvalue weighted by molar-refractivity contribution is -0.384. The van der Waals surface area contributed by atoms with Gasteiger partial charge in [-0.25, -0.2) is 0 Å². The largest absolute Gasteiger partial charge is 0.456 e. The van der Waals surface area contributed by atoms with Crippen LogP contribution in [0, 0.1) is 35.3 Å². The standard InChI is InChI=1S/C26H20F3N3O4/c1-15-10-19(5-4-17(3)33)11-16(2)25(15)36-24-13-22(31-20-8-6-18(14-30)7-9-20)23(32(34)35)12-21(24)26(27,28)29/h4-13,31H,1-3H3/b5-4+. The van der Waals surface area contributed by atoms with Crippen LogP contribution < -0.4 is 10.1 Å². The maximum atomic E-state index is 13.9. The van der Waals surface area contributed by atoms with Gasteiger partial charge in [0.05, 0.1) is 16.6 Å². The summed E-state index contributed by atoms with van der Waals surface area (Å²) >= 11 is 0. The minimum atomic E-state index is -4.93. The van der Waals surface area contributed by atoms with Gasteiger partial charge in [-0.3, -0.25) is 14.9 Å². The van der Waals surface area contributed by atoms with Crippen LogP contribution in [-0.4, -0.2) is 10.7 Å². The minimum absolute atomic E-state index is 0.152. The van der Waals surface area contributed by atoms with E-state index in [1.807, 2.05) is 6.07 Å². The highest BCUT2D eigenvalue weighted by atomic mass is 19.4. The highest BCUT2D eigenvalue weighted by Crippen LogP contribution is 2.45. The molecule has 10 heteroatoms. The van der Waals surface area contributed by atoms with Gasteiger partial charge >= 0.3 is 6.18 Å². The summed E-state index contributed by atoms with van der Waals surface area (Å²) in [6.45, 7) is 4.68. The summed E-state index contributed by atoms with van der Waals surface area (Å²) in [5, 5.41) is 23.3. The first kappa shape index (κ1) is 26.0. The van der Waals surface area contributed by atoms with Crippen LogP contribution in [0.15, 0.2) is 54.6 Å². The molecular formula is C26H20F3N3O4. The van der Waals surface area contributed by atoms with Gasteiger partial charge in [0.2, 0.25) is 0 Å². The van der Waals surface area contributed by atoms with Gasteiger partial charge in [0.25, 0.3) is 5.69 Å². The van der Waals surface area contributed by atoms with Crippen LogP contribution in [0.5, 0.6) is 11.5 Å². The number of carbonyl (C=O) groups excluding carboxylic acids is 1. The molecule has 1 N–H and O–H groups in total. The Bertz CT molecular complexity index is 1380. The first-order chi connectivity index (χ1) is 16.9. The van der Waals surface area contributed by atoms with Gasteiger partial charge in [-0.15, -0.1) is 0 Å². The molecule has 0 spiro atoms. The minimum Gasteiger partial charge on any atom is -0.456 e. The Hall–Kier alpha value is -4.65. The Balaban J connectivity index is 2.11. The van der Waals surface area contributed by atoms with Crippen molar-refractivity contribution in [3.63, 3.8) is 0 Å². The number of ketones is 1.